The Morgan fingerprint density at radius 2 is 1.24 bits per heavy atom. The molecular weight excluding hydrogens is 867 g/mol. The van der Waals surface area contributed by atoms with Crippen molar-refractivity contribution in [2.24, 2.45) is 17.6 Å². The molecule has 0 spiro atoms. The van der Waals surface area contributed by atoms with Crippen molar-refractivity contribution >= 4 is 12.1 Å². The minimum atomic E-state index is -2.33. The Hall–Kier alpha value is -3.64. The lowest BCUT2D eigenvalue weighted by Crippen LogP contribution is -2.62. The number of nitrogens with two attached hydrogens (primary N) is 1. The first-order valence-corrected chi connectivity index (χ1v) is 22.5. The molecule has 13 N–H and O–H groups in total. The number of carbonyl (C=O) groups excluding carboxylic acids is 1. The Bertz CT molecular complexity index is 1680. The van der Waals surface area contributed by atoms with E-state index in [9.17, 15) is 65.8 Å². The molecule has 19 heteroatoms. The van der Waals surface area contributed by atoms with E-state index in [0.717, 1.165) is 0 Å². The van der Waals surface area contributed by atoms with Gasteiger partial charge in [-0.15, -0.1) is 0 Å². The van der Waals surface area contributed by atoms with Crippen LogP contribution in [0.3, 0.4) is 0 Å². The van der Waals surface area contributed by atoms with Crippen molar-refractivity contribution in [2.45, 2.75) is 183 Å². The van der Waals surface area contributed by atoms with Crippen molar-refractivity contribution in [1.29, 1.82) is 0 Å². The van der Waals surface area contributed by atoms with Gasteiger partial charge in [0.2, 0.25) is 0 Å². The van der Waals surface area contributed by atoms with E-state index in [1.165, 1.54) is 13.0 Å². The molecule has 3 heterocycles. The number of carboxylic acid groups (broad SMARTS) is 1. The van der Waals surface area contributed by atoms with E-state index in [2.05, 4.69) is 0 Å². The van der Waals surface area contributed by atoms with Crippen molar-refractivity contribution in [3.63, 3.8) is 0 Å². The number of hydrogen-bond donors (Lipinski definition) is 12. The summed E-state index contributed by atoms with van der Waals surface area (Å²) in [5.41, 5.74) is 6.02. The lowest BCUT2D eigenvalue weighted by molar-refractivity contribution is -0.318. The van der Waals surface area contributed by atoms with Gasteiger partial charge in [-0.05, 0) is 33.1 Å². The molecule has 19 atom stereocenters. The number of carbonyl (C=O) groups is 2. The number of fused-ring (bicyclic) bond motifs is 2. The summed E-state index contributed by atoms with van der Waals surface area (Å²) in [5, 5.41) is 118. The molecule has 0 amide bonds. The van der Waals surface area contributed by atoms with Crippen LogP contribution in [0.25, 0.3) is 0 Å². The van der Waals surface area contributed by atoms with Gasteiger partial charge in [-0.3, -0.25) is 4.79 Å². The van der Waals surface area contributed by atoms with E-state index in [1.807, 2.05) is 13.0 Å². The number of aliphatic hydroxyl groups is 10. The number of esters is 1. The molecule has 2 bridgehead atoms. The molecule has 2 saturated heterocycles. The van der Waals surface area contributed by atoms with E-state index >= 15 is 0 Å². The maximum Gasteiger partial charge on any atom is 0.506 e. The van der Waals surface area contributed by atoms with Crippen LogP contribution in [0.4, 0.5) is 4.79 Å². The average molecular weight is 940 g/mol. The van der Waals surface area contributed by atoms with Gasteiger partial charge in [-0.1, -0.05) is 98.9 Å². The Kier molecular flexibility index (Phi) is 24.0. The zero-order valence-corrected chi connectivity index (χ0v) is 38.0. The predicted molar refractivity (Wildman–Crippen MR) is 239 cm³/mol. The van der Waals surface area contributed by atoms with E-state index in [0.29, 0.717) is 0 Å². The number of ether oxygens (including phenoxy) is 5. The monoisotopic (exact) mass is 939 g/mol. The molecule has 66 heavy (non-hydrogen) atoms. The molecule has 3 rings (SSSR count). The zero-order valence-electron chi connectivity index (χ0n) is 38.0. The van der Waals surface area contributed by atoms with Crippen LogP contribution in [-0.2, 0) is 28.5 Å². The Morgan fingerprint density at radius 1 is 0.667 bits per heavy atom. The van der Waals surface area contributed by atoms with Crippen molar-refractivity contribution < 1.29 is 89.4 Å². The summed E-state index contributed by atoms with van der Waals surface area (Å²) >= 11 is 0. The minimum Gasteiger partial charge on any atom is -0.462 e. The molecule has 0 radical (unpaired) electrons. The van der Waals surface area contributed by atoms with Crippen LogP contribution in [0.1, 0.15) is 79.1 Å². The SMILES string of the molecule is CC1/C=C/C=C/C=C/C=C/C=C\C=C/C=C\C(OC2OC(C)C(O)C(N)C2O)CC2OC(O)(CC(O)CC(O)C(O)CCC(O)CC(O)CC(=O)OC(C)C(C)C1O)CC(O)C2OC(=O)O. The lowest BCUT2D eigenvalue weighted by Gasteiger charge is -2.45. The van der Waals surface area contributed by atoms with Crippen molar-refractivity contribution in [3.05, 3.63) is 85.1 Å². The van der Waals surface area contributed by atoms with Gasteiger partial charge in [-0.25, -0.2) is 4.79 Å². The van der Waals surface area contributed by atoms with E-state index in [1.54, 1.807) is 86.8 Å². The highest BCUT2D eigenvalue weighted by Crippen LogP contribution is 2.36. The highest BCUT2D eigenvalue weighted by atomic mass is 16.7. The molecule has 0 aromatic rings. The molecule has 0 saturated carbocycles. The summed E-state index contributed by atoms with van der Waals surface area (Å²) in [6.45, 7) is 6.73. The summed E-state index contributed by atoms with van der Waals surface area (Å²) < 4.78 is 28.2. The van der Waals surface area contributed by atoms with Gasteiger partial charge < -0.3 is 85.6 Å². The molecule has 0 aliphatic carbocycles. The number of allylic oxidation sites excluding steroid dienone is 12. The molecule has 0 aromatic heterocycles. The number of hydrogen-bond acceptors (Lipinski definition) is 18. The maximum atomic E-state index is 12.6. The van der Waals surface area contributed by atoms with Gasteiger partial charge in [0.15, 0.2) is 18.2 Å². The topological polar surface area (TPSA) is 329 Å². The van der Waals surface area contributed by atoms with Crippen LogP contribution in [0, 0.1) is 11.8 Å². The highest BCUT2D eigenvalue weighted by molar-refractivity contribution is 5.70. The van der Waals surface area contributed by atoms with Gasteiger partial charge in [0.05, 0.1) is 73.5 Å². The number of rotatable bonds is 3. The summed E-state index contributed by atoms with van der Waals surface area (Å²) in [5.74, 6) is -3.81. The Morgan fingerprint density at radius 3 is 1.83 bits per heavy atom. The molecule has 3 aliphatic heterocycles. The molecule has 374 valence electrons. The second-order valence-electron chi connectivity index (χ2n) is 17.6. The van der Waals surface area contributed by atoms with Crippen LogP contribution in [0.2, 0.25) is 0 Å². The maximum absolute atomic E-state index is 12.6. The molecule has 0 aromatic carbocycles. The van der Waals surface area contributed by atoms with Crippen LogP contribution in [0.15, 0.2) is 85.1 Å². The quantitative estimate of drug-likeness (QED) is 0.176. The van der Waals surface area contributed by atoms with Crippen molar-refractivity contribution in [2.75, 3.05) is 0 Å². The van der Waals surface area contributed by atoms with Gasteiger partial charge in [-0.2, -0.15) is 0 Å². The van der Waals surface area contributed by atoms with Crippen molar-refractivity contribution in [1.82, 2.24) is 0 Å². The Balaban J connectivity index is 1.87. The summed E-state index contributed by atoms with van der Waals surface area (Å²) in [6.07, 6.45) is -0.0169. The van der Waals surface area contributed by atoms with E-state index < -0.39 is 147 Å². The normalized spacial score (nSPS) is 44.9. The summed E-state index contributed by atoms with van der Waals surface area (Å²) in [6, 6.07) is -1.16. The van der Waals surface area contributed by atoms with Crippen LogP contribution >= 0.6 is 0 Å². The van der Waals surface area contributed by atoms with E-state index in [4.69, 9.17) is 29.4 Å². The first kappa shape index (κ1) is 56.7. The predicted octanol–water partition coefficient (Wildman–Crippen LogP) is 1.07. The smallest absolute Gasteiger partial charge is 0.462 e. The summed E-state index contributed by atoms with van der Waals surface area (Å²) in [7, 11) is 0. The van der Waals surface area contributed by atoms with Crippen LogP contribution < -0.4 is 5.73 Å². The molecule has 19 nitrogen and oxygen atoms in total. The Labute approximate surface area is 386 Å². The highest BCUT2D eigenvalue weighted by Gasteiger charge is 2.50. The fourth-order valence-electron chi connectivity index (χ4n) is 7.89. The second kappa shape index (κ2) is 28.0. The van der Waals surface area contributed by atoms with Gasteiger partial charge >= 0.3 is 12.1 Å². The number of cyclic esters (lactones) is 1. The third-order valence-electron chi connectivity index (χ3n) is 11.9. The first-order chi connectivity index (χ1) is 31.1. The summed E-state index contributed by atoms with van der Waals surface area (Å²) in [4.78, 5) is 24.4. The molecular formula is C47H73NO18. The number of aliphatic hydroxyl groups excluding tert-OH is 9. The fourth-order valence-corrected chi connectivity index (χ4v) is 7.89. The van der Waals surface area contributed by atoms with Crippen LogP contribution in [0.5, 0.6) is 0 Å². The standard InChI is InChI=1S/C47H73NO18/c1-27-17-15-13-11-9-7-5-6-8-10-12-14-16-18-34(64-45-43(58)40(48)42(57)30(4)63-45)24-38-44(65-46(59)60)37(54)26-47(61,66-38)25-33(51)22-36(53)35(52)20-19-31(49)21-32(50)23-39(55)62-29(3)28(2)41(27)56/h5-18,27-38,40-45,49-54,56-58,61H,19-26,48H2,1-4H3,(H,59,60)/b6-5+,9-7+,10-8-,13-11+,14-12-,17-15+,18-16-. The fraction of sp³-hybridized carbons (Fsp3) is 0.660. The van der Waals surface area contributed by atoms with Gasteiger partial charge in [0.1, 0.15) is 18.3 Å². The zero-order chi connectivity index (χ0) is 49.1. The molecule has 19 unspecified atom stereocenters. The molecule has 3 aliphatic rings. The first-order valence-electron chi connectivity index (χ1n) is 22.5. The lowest BCUT2D eigenvalue weighted by atomic mass is 9.88. The third kappa shape index (κ3) is 19.2. The largest absolute Gasteiger partial charge is 0.506 e. The minimum absolute atomic E-state index is 0.113. The second-order valence-corrected chi connectivity index (χ2v) is 17.6. The third-order valence-corrected chi connectivity index (χ3v) is 11.9. The van der Waals surface area contributed by atoms with Crippen LogP contribution in [-0.4, -0.2) is 172 Å². The van der Waals surface area contributed by atoms with Gasteiger partial charge in [0, 0.05) is 37.5 Å². The molecule has 2 fully saturated rings. The average Bonchev–Trinajstić information content (AvgIpc) is 3.23. The van der Waals surface area contributed by atoms with E-state index in [-0.39, 0.29) is 31.6 Å². The van der Waals surface area contributed by atoms with Gasteiger partial charge in [0.25, 0.3) is 0 Å². The van der Waals surface area contributed by atoms with Crippen molar-refractivity contribution in [3.8, 4) is 0 Å².